The molecule has 0 radical (unpaired) electrons. The molecule has 1 amide bonds. The van der Waals surface area contributed by atoms with Gasteiger partial charge in [0.05, 0.1) is 0 Å². The summed E-state index contributed by atoms with van der Waals surface area (Å²) in [7, 11) is 0. The number of hydrogen-bond donors (Lipinski definition) is 1. The molecule has 0 saturated carbocycles. The van der Waals surface area contributed by atoms with Crippen molar-refractivity contribution in [2.45, 2.75) is 12.8 Å². The van der Waals surface area contributed by atoms with Gasteiger partial charge in [-0.15, -0.1) is 0 Å². The van der Waals surface area contributed by atoms with Gasteiger partial charge in [0.2, 0.25) is 5.91 Å². The van der Waals surface area contributed by atoms with Gasteiger partial charge in [-0.05, 0) is 25.0 Å². The Morgan fingerprint density at radius 2 is 1.90 bits per heavy atom. The lowest BCUT2D eigenvalue weighted by Crippen LogP contribution is -2.50. The number of piperidine rings is 1. The third-order valence-corrected chi connectivity index (χ3v) is 4.25. The zero-order valence-electron chi connectivity index (χ0n) is 11.8. The van der Waals surface area contributed by atoms with Crippen molar-refractivity contribution in [3.8, 4) is 0 Å². The molecular weight excluding hydrogens is 252 g/mol. The lowest BCUT2D eigenvalue weighted by molar-refractivity contribution is -0.136. The van der Waals surface area contributed by atoms with E-state index >= 15 is 0 Å². The maximum Gasteiger partial charge on any atom is 0.225 e. The number of anilines is 1. The van der Waals surface area contributed by atoms with Crippen molar-refractivity contribution in [2.75, 3.05) is 44.2 Å². The Labute approximate surface area is 120 Å². The summed E-state index contributed by atoms with van der Waals surface area (Å²) >= 11 is 0. The fourth-order valence-electron chi connectivity index (χ4n) is 3.04. The highest BCUT2D eigenvalue weighted by Crippen LogP contribution is 2.23. The normalized spacial score (nSPS) is 21.0. The Morgan fingerprint density at radius 1 is 1.15 bits per heavy atom. The van der Waals surface area contributed by atoms with Crippen LogP contribution in [0, 0.1) is 5.92 Å². The average Bonchev–Trinajstić information content (AvgIpc) is 2.56. The van der Waals surface area contributed by atoms with Crippen molar-refractivity contribution in [3.05, 3.63) is 24.4 Å². The predicted molar refractivity (Wildman–Crippen MR) is 78.6 cm³/mol. The molecule has 1 aromatic heterocycles. The second-order valence-electron chi connectivity index (χ2n) is 5.52. The molecular formula is C15H22N4O. The van der Waals surface area contributed by atoms with E-state index in [1.165, 1.54) is 0 Å². The van der Waals surface area contributed by atoms with E-state index in [4.69, 9.17) is 0 Å². The molecule has 2 aliphatic heterocycles. The zero-order valence-corrected chi connectivity index (χ0v) is 11.8. The molecule has 0 atom stereocenters. The molecule has 0 aliphatic carbocycles. The third-order valence-electron chi connectivity index (χ3n) is 4.25. The lowest BCUT2D eigenvalue weighted by Gasteiger charge is -2.36. The van der Waals surface area contributed by atoms with Crippen LogP contribution in [0.2, 0.25) is 0 Å². The zero-order chi connectivity index (χ0) is 13.8. The molecule has 20 heavy (non-hydrogen) atoms. The van der Waals surface area contributed by atoms with Crippen molar-refractivity contribution >= 4 is 11.7 Å². The average molecular weight is 274 g/mol. The van der Waals surface area contributed by atoms with Crippen molar-refractivity contribution < 1.29 is 4.79 Å². The number of hydrogen-bond acceptors (Lipinski definition) is 4. The van der Waals surface area contributed by atoms with Gasteiger partial charge in [0.25, 0.3) is 0 Å². The number of rotatable bonds is 2. The molecule has 3 rings (SSSR count). The van der Waals surface area contributed by atoms with E-state index in [9.17, 15) is 4.79 Å². The van der Waals surface area contributed by atoms with Gasteiger partial charge in [0.1, 0.15) is 5.82 Å². The van der Waals surface area contributed by atoms with Crippen molar-refractivity contribution in [2.24, 2.45) is 5.92 Å². The van der Waals surface area contributed by atoms with Gasteiger partial charge < -0.3 is 15.1 Å². The first-order valence-corrected chi connectivity index (χ1v) is 7.50. The van der Waals surface area contributed by atoms with Gasteiger partial charge in [0, 0.05) is 51.4 Å². The second-order valence-corrected chi connectivity index (χ2v) is 5.52. The minimum atomic E-state index is 0.202. The quantitative estimate of drug-likeness (QED) is 0.864. The molecule has 2 fully saturated rings. The largest absolute Gasteiger partial charge is 0.357 e. The summed E-state index contributed by atoms with van der Waals surface area (Å²) in [5.41, 5.74) is 0. The molecule has 1 aromatic rings. The van der Waals surface area contributed by atoms with Crippen LogP contribution in [0.4, 0.5) is 5.82 Å². The van der Waals surface area contributed by atoms with Gasteiger partial charge in [-0.3, -0.25) is 4.79 Å². The summed E-state index contributed by atoms with van der Waals surface area (Å²) in [4.78, 5) is 21.1. The number of carbonyl (C=O) groups is 1. The van der Waals surface area contributed by atoms with Gasteiger partial charge in [-0.1, -0.05) is 6.07 Å². The highest BCUT2D eigenvalue weighted by Gasteiger charge is 2.29. The van der Waals surface area contributed by atoms with E-state index in [2.05, 4.69) is 15.2 Å². The number of piperazine rings is 1. The van der Waals surface area contributed by atoms with Crippen LogP contribution >= 0.6 is 0 Å². The molecule has 2 saturated heterocycles. The van der Waals surface area contributed by atoms with Gasteiger partial charge in [-0.2, -0.15) is 0 Å². The summed E-state index contributed by atoms with van der Waals surface area (Å²) in [6, 6.07) is 5.99. The Kier molecular flexibility index (Phi) is 4.16. The summed E-state index contributed by atoms with van der Waals surface area (Å²) in [5.74, 6) is 1.58. The smallest absolute Gasteiger partial charge is 0.225 e. The first-order valence-electron chi connectivity index (χ1n) is 7.50. The van der Waals surface area contributed by atoms with Gasteiger partial charge in [0.15, 0.2) is 0 Å². The van der Waals surface area contributed by atoms with Crippen LogP contribution < -0.4 is 10.2 Å². The van der Waals surface area contributed by atoms with E-state index in [0.29, 0.717) is 5.91 Å². The van der Waals surface area contributed by atoms with Crippen LogP contribution in [0.5, 0.6) is 0 Å². The fourth-order valence-corrected chi connectivity index (χ4v) is 3.04. The molecule has 2 aliphatic rings. The van der Waals surface area contributed by atoms with Gasteiger partial charge >= 0.3 is 0 Å². The van der Waals surface area contributed by atoms with Crippen molar-refractivity contribution in [3.63, 3.8) is 0 Å². The highest BCUT2D eigenvalue weighted by atomic mass is 16.2. The SMILES string of the molecule is O=C(C1CCN(c2ccccn2)CC1)N1CCNCC1. The summed E-state index contributed by atoms with van der Waals surface area (Å²) in [6.45, 7) is 5.44. The van der Waals surface area contributed by atoms with Crippen molar-refractivity contribution in [1.29, 1.82) is 0 Å². The van der Waals surface area contributed by atoms with Crippen LogP contribution in [0.25, 0.3) is 0 Å². The Morgan fingerprint density at radius 3 is 2.55 bits per heavy atom. The molecule has 5 heteroatoms. The van der Waals surface area contributed by atoms with Crippen LogP contribution in [0.1, 0.15) is 12.8 Å². The predicted octanol–water partition coefficient (Wildman–Crippen LogP) is 0.730. The molecule has 0 unspecified atom stereocenters. The maximum absolute atomic E-state index is 12.5. The maximum atomic E-state index is 12.5. The summed E-state index contributed by atoms with van der Waals surface area (Å²) in [5, 5.41) is 3.29. The monoisotopic (exact) mass is 274 g/mol. The van der Waals surface area contributed by atoms with E-state index in [1.807, 2.05) is 29.3 Å². The number of nitrogens with one attached hydrogen (secondary N) is 1. The lowest BCUT2D eigenvalue weighted by atomic mass is 9.95. The minimum absolute atomic E-state index is 0.202. The number of nitrogens with zero attached hydrogens (tertiary/aromatic N) is 3. The molecule has 1 N–H and O–H groups in total. The number of carbonyl (C=O) groups excluding carboxylic acids is 1. The van der Waals surface area contributed by atoms with Crippen LogP contribution in [-0.4, -0.2) is 55.1 Å². The number of pyridine rings is 1. The third kappa shape index (κ3) is 2.93. The highest BCUT2D eigenvalue weighted by molar-refractivity contribution is 5.79. The van der Waals surface area contributed by atoms with Crippen LogP contribution in [0.15, 0.2) is 24.4 Å². The van der Waals surface area contributed by atoms with E-state index in [-0.39, 0.29) is 5.92 Å². The fraction of sp³-hybridized carbons (Fsp3) is 0.600. The Bertz CT molecular complexity index is 436. The second kappa shape index (κ2) is 6.22. The molecule has 5 nitrogen and oxygen atoms in total. The van der Waals surface area contributed by atoms with Gasteiger partial charge in [-0.25, -0.2) is 4.98 Å². The van der Waals surface area contributed by atoms with E-state index < -0.39 is 0 Å². The molecule has 0 spiro atoms. The first kappa shape index (κ1) is 13.4. The van der Waals surface area contributed by atoms with Crippen LogP contribution in [0.3, 0.4) is 0 Å². The Balaban J connectivity index is 1.54. The molecule has 3 heterocycles. The van der Waals surface area contributed by atoms with E-state index in [0.717, 1.165) is 57.9 Å². The Hall–Kier alpha value is -1.62. The summed E-state index contributed by atoms with van der Waals surface area (Å²) in [6.07, 6.45) is 3.71. The standard InChI is InChI=1S/C15H22N4O/c20-15(19-11-7-16-8-12-19)13-4-9-18(10-5-13)14-3-1-2-6-17-14/h1-3,6,13,16H,4-5,7-12H2. The summed E-state index contributed by atoms with van der Waals surface area (Å²) < 4.78 is 0. The molecule has 0 bridgehead atoms. The van der Waals surface area contributed by atoms with Crippen LogP contribution in [-0.2, 0) is 4.79 Å². The number of amides is 1. The molecule has 0 aromatic carbocycles. The minimum Gasteiger partial charge on any atom is -0.357 e. The first-order chi connectivity index (χ1) is 9.84. The molecule has 108 valence electrons. The van der Waals surface area contributed by atoms with E-state index in [1.54, 1.807) is 0 Å². The van der Waals surface area contributed by atoms with Crippen molar-refractivity contribution in [1.82, 2.24) is 15.2 Å². The topological polar surface area (TPSA) is 48.5 Å². The number of aromatic nitrogens is 1.